The molecule has 1 saturated carbocycles. The maximum atomic E-state index is 11.3. The molecule has 2 amide bonds. The van der Waals surface area contributed by atoms with E-state index < -0.39 is 0 Å². The number of carbonyl (C=O) groups excluding carboxylic acids is 1. The number of hydrogen-bond acceptors (Lipinski definition) is 2. The summed E-state index contributed by atoms with van der Waals surface area (Å²) < 4.78 is 0. The van der Waals surface area contributed by atoms with Crippen molar-refractivity contribution in [2.24, 2.45) is 0 Å². The molecule has 1 fully saturated rings. The van der Waals surface area contributed by atoms with Gasteiger partial charge in [0.15, 0.2) is 0 Å². The van der Waals surface area contributed by atoms with Crippen LogP contribution < -0.4 is 10.6 Å². The molecule has 1 aliphatic carbocycles. The number of rotatable bonds is 6. The first-order valence-corrected chi connectivity index (χ1v) is 6.16. The van der Waals surface area contributed by atoms with E-state index in [1.54, 1.807) is 0 Å². The van der Waals surface area contributed by atoms with Crippen molar-refractivity contribution in [2.75, 3.05) is 13.2 Å². The van der Waals surface area contributed by atoms with Crippen LogP contribution in [0.4, 0.5) is 4.79 Å². The van der Waals surface area contributed by atoms with E-state index in [4.69, 9.17) is 5.11 Å². The van der Waals surface area contributed by atoms with Crippen molar-refractivity contribution in [1.29, 1.82) is 0 Å². The number of unbranched alkanes of at least 4 members (excludes halogenated alkanes) is 2. The largest absolute Gasteiger partial charge is 0.396 e. The van der Waals surface area contributed by atoms with Crippen LogP contribution in [-0.4, -0.2) is 24.3 Å². The molecule has 0 saturated heterocycles. The highest BCUT2D eigenvalue weighted by Gasteiger charge is 2.06. The summed E-state index contributed by atoms with van der Waals surface area (Å²) in [5.74, 6) is 0. The zero-order valence-corrected chi connectivity index (χ0v) is 9.80. The van der Waals surface area contributed by atoms with Gasteiger partial charge in [0.25, 0.3) is 0 Å². The standard InChI is InChI=1S/C12H22N2O2/c15-9-5-1-4-8-13-12(16)14-10-11-6-2-3-7-11/h10,15H,1-9H2,(H2,13,14,16). The molecule has 1 rings (SSSR count). The number of allylic oxidation sites excluding steroid dienone is 1. The maximum absolute atomic E-state index is 11.3. The minimum atomic E-state index is -0.122. The van der Waals surface area contributed by atoms with Crippen LogP contribution in [0, 0.1) is 0 Å². The van der Waals surface area contributed by atoms with Gasteiger partial charge in [-0.1, -0.05) is 5.57 Å². The predicted octanol–water partition coefficient (Wildman–Crippen LogP) is 1.91. The van der Waals surface area contributed by atoms with Gasteiger partial charge in [0.2, 0.25) is 0 Å². The quantitative estimate of drug-likeness (QED) is 0.606. The van der Waals surface area contributed by atoms with Gasteiger partial charge >= 0.3 is 6.03 Å². The van der Waals surface area contributed by atoms with Crippen molar-refractivity contribution in [1.82, 2.24) is 10.6 Å². The van der Waals surface area contributed by atoms with Gasteiger partial charge in [0.05, 0.1) is 0 Å². The molecule has 4 nitrogen and oxygen atoms in total. The first kappa shape index (κ1) is 13.0. The van der Waals surface area contributed by atoms with E-state index in [2.05, 4.69) is 10.6 Å². The van der Waals surface area contributed by atoms with Gasteiger partial charge in [-0.3, -0.25) is 0 Å². The van der Waals surface area contributed by atoms with Crippen LogP contribution in [0.15, 0.2) is 11.8 Å². The van der Waals surface area contributed by atoms with Crippen LogP contribution in [0.2, 0.25) is 0 Å². The van der Waals surface area contributed by atoms with Crippen molar-refractivity contribution in [3.05, 3.63) is 11.8 Å². The Morgan fingerprint density at radius 1 is 1.25 bits per heavy atom. The lowest BCUT2D eigenvalue weighted by Gasteiger charge is -2.04. The fourth-order valence-corrected chi connectivity index (χ4v) is 1.81. The van der Waals surface area contributed by atoms with Crippen LogP contribution in [0.25, 0.3) is 0 Å². The van der Waals surface area contributed by atoms with Gasteiger partial charge in [-0.25, -0.2) is 4.79 Å². The summed E-state index contributed by atoms with van der Waals surface area (Å²) in [6.07, 6.45) is 9.27. The van der Waals surface area contributed by atoms with Crippen LogP contribution in [0.1, 0.15) is 44.9 Å². The van der Waals surface area contributed by atoms with Crippen molar-refractivity contribution in [3.63, 3.8) is 0 Å². The SMILES string of the molecule is O=C(NC=C1CCCC1)NCCCCCO. The van der Waals surface area contributed by atoms with Gasteiger partial charge in [-0.05, 0) is 44.9 Å². The second-order valence-corrected chi connectivity index (χ2v) is 4.19. The Balaban J connectivity index is 2.00. The van der Waals surface area contributed by atoms with Crippen LogP contribution in [-0.2, 0) is 0 Å². The summed E-state index contributed by atoms with van der Waals surface area (Å²) in [5.41, 5.74) is 1.34. The van der Waals surface area contributed by atoms with E-state index in [0.29, 0.717) is 6.54 Å². The van der Waals surface area contributed by atoms with E-state index in [9.17, 15) is 4.79 Å². The van der Waals surface area contributed by atoms with Gasteiger partial charge in [0.1, 0.15) is 0 Å². The van der Waals surface area contributed by atoms with Crippen LogP contribution in [0.3, 0.4) is 0 Å². The van der Waals surface area contributed by atoms with E-state index in [0.717, 1.165) is 32.1 Å². The molecule has 3 N–H and O–H groups in total. The Hall–Kier alpha value is -1.03. The zero-order valence-electron chi connectivity index (χ0n) is 9.80. The highest BCUT2D eigenvalue weighted by molar-refractivity contribution is 5.74. The normalized spacial score (nSPS) is 14.9. The molecule has 4 heteroatoms. The van der Waals surface area contributed by atoms with E-state index in [1.165, 1.54) is 18.4 Å². The predicted molar refractivity (Wildman–Crippen MR) is 64.0 cm³/mol. The molecule has 0 aromatic rings. The number of nitrogens with one attached hydrogen (secondary N) is 2. The lowest BCUT2D eigenvalue weighted by molar-refractivity contribution is 0.243. The third-order valence-electron chi connectivity index (χ3n) is 2.77. The summed E-state index contributed by atoms with van der Waals surface area (Å²) >= 11 is 0. The molecule has 0 aromatic heterocycles. The van der Waals surface area contributed by atoms with Gasteiger partial charge in [0, 0.05) is 19.4 Å². The van der Waals surface area contributed by atoms with Gasteiger partial charge in [-0.15, -0.1) is 0 Å². The van der Waals surface area contributed by atoms with Gasteiger partial charge < -0.3 is 15.7 Å². The van der Waals surface area contributed by atoms with E-state index >= 15 is 0 Å². The number of aliphatic hydroxyl groups is 1. The summed E-state index contributed by atoms with van der Waals surface area (Å²) in [4.78, 5) is 11.3. The topological polar surface area (TPSA) is 61.4 Å². The molecule has 0 aromatic carbocycles. The molecule has 0 heterocycles. The molecule has 16 heavy (non-hydrogen) atoms. The fourth-order valence-electron chi connectivity index (χ4n) is 1.81. The molecule has 0 radical (unpaired) electrons. The number of hydrogen-bond donors (Lipinski definition) is 3. The average Bonchev–Trinajstić information content (AvgIpc) is 2.79. The third kappa shape index (κ3) is 5.75. The number of urea groups is 1. The summed E-state index contributed by atoms with van der Waals surface area (Å²) in [5, 5.41) is 14.1. The summed E-state index contributed by atoms with van der Waals surface area (Å²) in [7, 11) is 0. The highest BCUT2D eigenvalue weighted by Crippen LogP contribution is 2.22. The molecular formula is C12H22N2O2. The van der Waals surface area contributed by atoms with E-state index in [-0.39, 0.29) is 12.6 Å². The number of aliphatic hydroxyl groups excluding tert-OH is 1. The molecule has 0 bridgehead atoms. The highest BCUT2D eigenvalue weighted by atomic mass is 16.2. The molecule has 1 aliphatic rings. The second kappa shape index (κ2) is 8.16. The van der Waals surface area contributed by atoms with Crippen molar-refractivity contribution >= 4 is 6.03 Å². The number of carbonyl (C=O) groups is 1. The van der Waals surface area contributed by atoms with Crippen LogP contribution in [0.5, 0.6) is 0 Å². The molecule has 0 unspecified atom stereocenters. The minimum Gasteiger partial charge on any atom is -0.396 e. The van der Waals surface area contributed by atoms with Crippen LogP contribution >= 0.6 is 0 Å². The lowest BCUT2D eigenvalue weighted by atomic mass is 10.2. The third-order valence-corrected chi connectivity index (χ3v) is 2.77. The first-order chi connectivity index (χ1) is 7.83. The molecule has 0 atom stereocenters. The molecule has 0 aliphatic heterocycles. The van der Waals surface area contributed by atoms with E-state index in [1.807, 2.05) is 6.20 Å². The number of amides is 2. The summed E-state index contributed by atoms with van der Waals surface area (Å²) in [6, 6.07) is -0.122. The lowest BCUT2D eigenvalue weighted by Crippen LogP contribution is -2.33. The first-order valence-electron chi connectivity index (χ1n) is 6.16. The van der Waals surface area contributed by atoms with Gasteiger partial charge in [-0.2, -0.15) is 0 Å². The minimum absolute atomic E-state index is 0.122. The Labute approximate surface area is 97.1 Å². The Kier molecular flexibility index (Phi) is 6.65. The Morgan fingerprint density at radius 3 is 2.69 bits per heavy atom. The molecular weight excluding hydrogens is 204 g/mol. The van der Waals surface area contributed by atoms with Crippen molar-refractivity contribution in [2.45, 2.75) is 44.9 Å². The molecule has 0 spiro atoms. The smallest absolute Gasteiger partial charge is 0.318 e. The Morgan fingerprint density at radius 2 is 2.00 bits per heavy atom. The summed E-state index contributed by atoms with van der Waals surface area (Å²) in [6.45, 7) is 0.910. The zero-order chi connectivity index (χ0) is 11.6. The monoisotopic (exact) mass is 226 g/mol. The second-order valence-electron chi connectivity index (χ2n) is 4.19. The fraction of sp³-hybridized carbons (Fsp3) is 0.750. The van der Waals surface area contributed by atoms with Crippen molar-refractivity contribution < 1.29 is 9.90 Å². The Bertz CT molecular complexity index is 231. The maximum Gasteiger partial charge on any atom is 0.318 e. The van der Waals surface area contributed by atoms with Crippen molar-refractivity contribution in [3.8, 4) is 0 Å². The average molecular weight is 226 g/mol. The molecule has 92 valence electrons.